The summed E-state index contributed by atoms with van der Waals surface area (Å²) in [5.41, 5.74) is 5.03. The van der Waals surface area contributed by atoms with Crippen molar-refractivity contribution in [3.8, 4) is 0 Å². The van der Waals surface area contributed by atoms with Gasteiger partial charge in [-0.2, -0.15) is 0 Å². The van der Waals surface area contributed by atoms with Gasteiger partial charge in [0.1, 0.15) is 5.03 Å². The fourth-order valence-electron chi connectivity index (χ4n) is 1.77. The van der Waals surface area contributed by atoms with E-state index in [9.17, 15) is 14.9 Å². The molecule has 2 heterocycles. The Hall–Kier alpha value is -2.36. The first kappa shape index (κ1) is 12.7. The first-order valence-electron chi connectivity index (χ1n) is 5.82. The molecule has 0 atom stereocenters. The quantitative estimate of drug-likeness (QED) is 0.633. The molecule has 20 heavy (non-hydrogen) atoms. The lowest BCUT2D eigenvalue weighted by Gasteiger charge is -2.03. The van der Waals surface area contributed by atoms with Crippen molar-refractivity contribution >= 4 is 23.3 Å². The maximum Gasteiger partial charge on any atom is 0.344 e. The second-order valence-corrected chi connectivity index (χ2v) is 5.31. The third-order valence-electron chi connectivity index (χ3n) is 2.85. The van der Waals surface area contributed by atoms with Crippen LogP contribution in [0.25, 0.3) is 0 Å². The Morgan fingerprint density at radius 3 is 2.85 bits per heavy atom. The maximum atomic E-state index is 11.6. The Kier molecular flexibility index (Phi) is 2.93. The number of nitrogens with zero attached hydrogens (tertiary/aromatic N) is 4. The molecular weight excluding hydrogens is 284 g/mol. The standard InChI is InChI=1S/C10H10N6O3S/c11-8-6(16(18)19)3-4-7(12-8)20-10-14-13-9(17)15(10)5-1-2-5/h3-5H,1-2H2,(H2,11,12)(H,13,17). The predicted molar refractivity (Wildman–Crippen MR) is 70.5 cm³/mol. The molecule has 1 aliphatic carbocycles. The minimum Gasteiger partial charge on any atom is -0.378 e. The average Bonchev–Trinajstić information content (AvgIpc) is 3.15. The number of H-pyrrole nitrogens is 1. The summed E-state index contributed by atoms with van der Waals surface area (Å²) in [6.45, 7) is 0. The van der Waals surface area contributed by atoms with Crippen LogP contribution in [0.4, 0.5) is 11.5 Å². The topological polar surface area (TPSA) is 133 Å². The SMILES string of the molecule is Nc1nc(Sc2n[nH]c(=O)n2C2CC2)ccc1[N+](=O)[O-]. The van der Waals surface area contributed by atoms with E-state index in [4.69, 9.17) is 5.73 Å². The highest BCUT2D eigenvalue weighted by molar-refractivity contribution is 7.99. The highest BCUT2D eigenvalue weighted by Gasteiger charge is 2.29. The van der Waals surface area contributed by atoms with Gasteiger partial charge in [0.25, 0.3) is 0 Å². The molecule has 3 rings (SSSR count). The molecule has 1 fully saturated rings. The van der Waals surface area contributed by atoms with E-state index in [0.717, 1.165) is 24.6 Å². The lowest BCUT2D eigenvalue weighted by molar-refractivity contribution is -0.384. The minimum absolute atomic E-state index is 0.157. The number of aromatic amines is 1. The molecule has 1 saturated carbocycles. The lowest BCUT2D eigenvalue weighted by Crippen LogP contribution is -2.16. The Balaban J connectivity index is 1.90. The summed E-state index contributed by atoms with van der Waals surface area (Å²) in [5, 5.41) is 17.9. The summed E-state index contributed by atoms with van der Waals surface area (Å²) in [4.78, 5) is 25.6. The van der Waals surface area contributed by atoms with Gasteiger partial charge in [0.05, 0.1) is 4.92 Å². The summed E-state index contributed by atoms with van der Waals surface area (Å²) in [5.74, 6) is -0.157. The van der Waals surface area contributed by atoms with E-state index in [2.05, 4.69) is 15.2 Å². The number of hydrogen-bond donors (Lipinski definition) is 2. The summed E-state index contributed by atoms with van der Waals surface area (Å²) in [6.07, 6.45) is 1.89. The zero-order valence-electron chi connectivity index (χ0n) is 10.1. The van der Waals surface area contributed by atoms with Gasteiger partial charge in [-0.05, 0) is 30.7 Å². The molecule has 0 spiro atoms. The van der Waals surface area contributed by atoms with Crippen LogP contribution in [-0.2, 0) is 0 Å². The van der Waals surface area contributed by atoms with Crippen LogP contribution in [0.15, 0.2) is 27.1 Å². The second kappa shape index (κ2) is 4.63. The molecule has 0 saturated heterocycles. The van der Waals surface area contributed by atoms with E-state index in [0.29, 0.717) is 10.2 Å². The largest absolute Gasteiger partial charge is 0.378 e. The molecule has 1 aliphatic rings. The number of nitrogens with two attached hydrogens (primary N) is 1. The van der Waals surface area contributed by atoms with E-state index in [1.54, 1.807) is 4.57 Å². The van der Waals surface area contributed by atoms with Crippen LogP contribution in [-0.4, -0.2) is 24.7 Å². The third kappa shape index (κ3) is 2.25. The normalized spacial score (nSPS) is 14.4. The van der Waals surface area contributed by atoms with Crippen LogP contribution in [0, 0.1) is 10.1 Å². The van der Waals surface area contributed by atoms with Gasteiger partial charge < -0.3 is 5.73 Å². The number of nitro groups is 1. The van der Waals surface area contributed by atoms with Crippen molar-refractivity contribution in [2.75, 3.05) is 5.73 Å². The molecule has 0 bridgehead atoms. The fourth-order valence-corrected chi connectivity index (χ4v) is 2.66. The van der Waals surface area contributed by atoms with Crippen LogP contribution in [0.1, 0.15) is 18.9 Å². The molecular formula is C10H10N6O3S. The Morgan fingerprint density at radius 1 is 1.50 bits per heavy atom. The number of rotatable bonds is 4. The summed E-state index contributed by atoms with van der Waals surface area (Å²) in [6, 6.07) is 2.95. The van der Waals surface area contributed by atoms with Crippen molar-refractivity contribution in [1.82, 2.24) is 19.7 Å². The van der Waals surface area contributed by atoms with Crippen molar-refractivity contribution in [3.63, 3.8) is 0 Å². The van der Waals surface area contributed by atoms with Gasteiger partial charge in [-0.3, -0.25) is 14.7 Å². The van der Waals surface area contributed by atoms with Crippen molar-refractivity contribution in [1.29, 1.82) is 0 Å². The molecule has 3 N–H and O–H groups in total. The Bertz CT molecular complexity index is 735. The molecule has 0 radical (unpaired) electrons. The number of aromatic nitrogens is 4. The second-order valence-electron chi connectivity index (χ2n) is 4.33. The maximum absolute atomic E-state index is 11.6. The summed E-state index contributed by atoms with van der Waals surface area (Å²) >= 11 is 1.14. The first-order chi connectivity index (χ1) is 9.56. The van der Waals surface area contributed by atoms with Gasteiger partial charge in [-0.1, -0.05) is 0 Å². The van der Waals surface area contributed by atoms with E-state index in [1.807, 2.05) is 0 Å². The number of nitrogens with one attached hydrogen (secondary N) is 1. The number of pyridine rings is 1. The summed E-state index contributed by atoms with van der Waals surface area (Å²) in [7, 11) is 0. The van der Waals surface area contributed by atoms with Gasteiger partial charge in [-0.25, -0.2) is 14.9 Å². The van der Waals surface area contributed by atoms with Gasteiger partial charge in [-0.15, -0.1) is 5.10 Å². The van der Waals surface area contributed by atoms with E-state index >= 15 is 0 Å². The Morgan fingerprint density at radius 2 is 2.25 bits per heavy atom. The van der Waals surface area contributed by atoms with Gasteiger partial charge in [0.2, 0.25) is 5.82 Å². The number of hydrogen-bond acceptors (Lipinski definition) is 7. The van der Waals surface area contributed by atoms with Gasteiger partial charge in [0, 0.05) is 12.1 Å². The molecule has 0 aromatic carbocycles. The third-order valence-corrected chi connectivity index (χ3v) is 3.76. The molecule has 0 unspecified atom stereocenters. The van der Waals surface area contributed by atoms with Crippen LogP contribution < -0.4 is 11.4 Å². The molecule has 2 aromatic heterocycles. The molecule has 0 aliphatic heterocycles. The molecule has 2 aromatic rings. The monoisotopic (exact) mass is 294 g/mol. The fraction of sp³-hybridized carbons (Fsp3) is 0.300. The smallest absolute Gasteiger partial charge is 0.344 e. The Labute approximate surface area is 116 Å². The average molecular weight is 294 g/mol. The van der Waals surface area contributed by atoms with Crippen molar-refractivity contribution in [2.24, 2.45) is 0 Å². The molecule has 104 valence electrons. The van der Waals surface area contributed by atoms with E-state index < -0.39 is 4.92 Å². The van der Waals surface area contributed by atoms with Crippen molar-refractivity contribution in [2.45, 2.75) is 29.1 Å². The lowest BCUT2D eigenvalue weighted by atomic mass is 10.4. The zero-order chi connectivity index (χ0) is 14.3. The molecule has 0 amide bonds. The van der Waals surface area contributed by atoms with E-state index in [1.165, 1.54) is 12.1 Å². The minimum atomic E-state index is -0.592. The van der Waals surface area contributed by atoms with Crippen molar-refractivity contribution in [3.05, 3.63) is 32.7 Å². The number of nitrogen functional groups attached to an aromatic ring is 1. The molecule has 10 heteroatoms. The van der Waals surface area contributed by atoms with E-state index in [-0.39, 0.29) is 23.2 Å². The van der Waals surface area contributed by atoms with Gasteiger partial charge >= 0.3 is 11.4 Å². The highest BCUT2D eigenvalue weighted by Crippen LogP contribution is 2.37. The van der Waals surface area contributed by atoms with Crippen LogP contribution in [0.5, 0.6) is 0 Å². The number of anilines is 1. The predicted octanol–water partition coefficient (Wildman–Crippen LogP) is 0.943. The van der Waals surface area contributed by atoms with Crippen LogP contribution in [0.2, 0.25) is 0 Å². The van der Waals surface area contributed by atoms with Crippen LogP contribution >= 0.6 is 11.8 Å². The first-order valence-corrected chi connectivity index (χ1v) is 6.63. The van der Waals surface area contributed by atoms with Gasteiger partial charge in [0.15, 0.2) is 5.16 Å². The van der Waals surface area contributed by atoms with Crippen molar-refractivity contribution < 1.29 is 4.92 Å². The zero-order valence-corrected chi connectivity index (χ0v) is 11.0. The summed E-state index contributed by atoms with van der Waals surface area (Å²) < 4.78 is 1.57. The highest BCUT2D eigenvalue weighted by atomic mass is 32.2. The van der Waals surface area contributed by atoms with Crippen LogP contribution in [0.3, 0.4) is 0 Å². The molecule has 9 nitrogen and oxygen atoms in total.